The summed E-state index contributed by atoms with van der Waals surface area (Å²) >= 11 is 5.77. The van der Waals surface area contributed by atoms with E-state index in [1.54, 1.807) is 10.9 Å². The molecule has 0 atom stereocenters. The first-order valence-electron chi connectivity index (χ1n) is 3.36. The number of aryl methyl sites for hydroxylation is 1. The molecule has 0 aromatic carbocycles. The van der Waals surface area contributed by atoms with Gasteiger partial charge in [-0.2, -0.15) is 10.4 Å². The molecule has 1 heterocycles. The summed E-state index contributed by atoms with van der Waals surface area (Å²) in [6.07, 6.45) is 2.01. The maximum absolute atomic E-state index is 8.37. The predicted molar refractivity (Wildman–Crippen MR) is 42.2 cm³/mol. The number of hydrogen-bond acceptors (Lipinski definition) is 2. The number of rotatable bonds is 2. The molecule has 1 aromatic heterocycles. The number of halogens is 1. The average molecular weight is 170 g/mol. The van der Waals surface area contributed by atoms with Crippen LogP contribution in [0.5, 0.6) is 0 Å². The molecule has 0 unspecified atom stereocenters. The third-order valence-electron chi connectivity index (χ3n) is 1.36. The van der Waals surface area contributed by atoms with E-state index in [-0.39, 0.29) is 6.42 Å². The van der Waals surface area contributed by atoms with Gasteiger partial charge in [0.15, 0.2) is 0 Å². The van der Waals surface area contributed by atoms with Gasteiger partial charge in [0.1, 0.15) is 0 Å². The van der Waals surface area contributed by atoms with Gasteiger partial charge >= 0.3 is 0 Å². The van der Waals surface area contributed by atoms with Crippen LogP contribution in [-0.4, -0.2) is 9.78 Å². The minimum Gasteiger partial charge on any atom is -0.271 e. The fourth-order valence-electron chi connectivity index (χ4n) is 0.794. The van der Waals surface area contributed by atoms with Crippen molar-refractivity contribution in [2.24, 2.45) is 0 Å². The molecule has 11 heavy (non-hydrogen) atoms. The lowest BCUT2D eigenvalue weighted by molar-refractivity contribution is 0.651. The first-order chi connectivity index (χ1) is 5.27. The van der Waals surface area contributed by atoms with Crippen LogP contribution in [-0.2, 0) is 13.0 Å². The van der Waals surface area contributed by atoms with E-state index in [1.165, 1.54) is 0 Å². The molecule has 0 saturated carbocycles. The van der Waals surface area contributed by atoms with Crippen LogP contribution in [0.3, 0.4) is 0 Å². The number of nitrogens with zero attached hydrogens (tertiary/aromatic N) is 3. The molecule has 1 aromatic rings. The Labute approximate surface area is 70.2 Å². The summed E-state index contributed by atoms with van der Waals surface area (Å²) in [6.45, 7) is 2.75. The highest BCUT2D eigenvalue weighted by molar-refractivity contribution is 6.31. The van der Waals surface area contributed by atoms with Gasteiger partial charge in [0, 0.05) is 12.7 Å². The van der Waals surface area contributed by atoms with E-state index in [0.29, 0.717) is 10.7 Å². The molecular formula is C7H8ClN3. The molecule has 0 spiro atoms. The zero-order chi connectivity index (χ0) is 8.27. The van der Waals surface area contributed by atoms with Crippen LogP contribution >= 0.6 is 11.6 Å². The maximum atomic E-state index is 8.37. The molecular weight excluding hydrogens is 162 g/mol. The Morgan fingerprint density at radius 2 is 2.55 bits per heavy atom. The summed E-state index contributed by atoms with van der Waals surface area (Å²) in [5.74, 6) is 0. The first-order valence-corrected chi connectivity index (χ1v) is 3.74. The lowest BCUT2D eigenvalue weighted by Crippen LogP contribution is -1.94. The monoisotopic (exact) mass is 169 g/mol. The molecule has 0 bridgehead atoms. The molecule has 3 nitrogen and oxygen atoms in total. The average Bonchev–Trinajstić information content (AvgIpc) is 2.33. The summed E-state index contributed by atoms with van der Waals surface area (Å²) in [6, 6.07) is 2.00. The van der Waals surface area contributed by atoms with Crippen molar-refractivity contribution in [1.82, 2.24) is 9.78 Å². The van der Waals surface area contributed by atoms with Crippen LogP contribution in [0.15, 0.2) is 6.20 Å². The summed E-state index contributed by atoms with van der Waals surface area (Å²) in [7, 11) is 0. The Balaban J connectivity index is 2.90. The van der Waals surface area contributed by atoms with Crippen molar-refractivity contribution in [3.63, 3.8) is 0 Å². The number of aromatic nitrogens is 2. The molecule has 1 rings (SSSR count). The standard InChI is InChI=1S/C7H8ClN3/c1-2-11-5-6(8)7(10-11)3-4-9/h5H,2-3H2,1H3. The van der Waals surface area contributed by atoms with Crippen LogP contribution in [0, 0.1) is 11.3 Å². The minimum atomic E-state index is 0.284. The minimum absolute atomic E-state index is 0.284. The van der Waals surface area contributed by atoms with Crippen LogP contribution < -0.4 is 0 Å². The Kier molecular flexibility index (Phi) is 2.50. The zero-order valence-corrected chi connectivity index (χ0v) is 6.97. The molecule has 0 saturated heterocycles. The van der Waals surface area contributed by atoms with Crippen molar-refractivity contribution in [1.29, 1.82) is 5.26 Å². The SMILES string of the molecule is CCn1cc(Cl)c(CC#N)n1. The van der Waals surface area contributed by atoms with Gasteiger partial charge in [-0.05, 0) is 6.92 Å². The van der Waals surface area contributed by atoms with Crippen molar-refractivity contribution in [2.45, 2.75) is 19.9 Å². The quantitative estimate of drug-likeness (QED) is 0.675. The molecule has 4 heteroatoms. The van der Waals surface area contributed by atoms with Gasteiger partial charge in [0.25, 0.3) is 0 Å². The van der Waals surface area contributed by atoms with Gasteiger partial charge in [0.05, 0.1) is 23.2 Å². The lowest BCUT2D eigenvalue weighted by Gasteiger charge is -1.89. The fourth-order valence-corrected chi connectivity index (χ4v) is 1.01. The van der Waals surface area contributed by atoms with Crippen molar-refractivity contribution in [3.05, 3.63) is 16.9 Å². The Morgan fingerprint density at radius 3 is 3.00 bits per heavy atom. The maximum Gasteiger partial charge on any atom is 0.0951 e. The van der Waals surface area contributed by atoms with Gasteiger partial charge in [-0.1, -0.05) is 11.6 Å². The first kappa shape index (κ1) is 8.09. The molecule has 0 N–H and O–H groups in total. The third kappa shape index (κ3) is 1.72. The number of hydrogen-bond donors (Lipinski definition) is 0. The summed E-state index contributed by atoms with van der Waals surface area (Å²) in [4.78, 5) is 0. The summed E-state index contributed by atoms with van der Waals surface area (Å²) in [5.41, 5.74) is 0.663. The summed E-state index contributed by atoms with van der Waals surface area (Å²) in [5, 5.41) is 13.0. The second-order valence-corrected chi connectivity index (χ2v) is 2.52. The molecule has 0 aliphatic rings. The molecule has 0 fully saturated rings. The Bertz CT molecular complexity index is 284. The lowest BCUT2D eigenvalue weighted by atomic mass is 10.3. The predicted octanol–water partition coefficient (Wildman–Crippen LogP) is 1.62. The Hall–Kier alpha value is -1.01. The molecule has 58 valence electrons. The van der Waals surface area contributed by atoms with Gasteiger partial charge in [0.2, 0.25) is 0 Å². The van der Waals surface area contributed by atoms with Crippen LogP contribution in [0.1, 0.15) is 12.6 Å². The van der Waals surface area contributed by atoms with Gasteiger partial charge in [-0.15, -0.1) is 0 Å². The zero-order valence-electron chi connectivity index (χ0n) is 6.21. The molecule has 0 radical (unpaired) electrons. The van der Waals surface area contributed by atoms with E-state index in [4.69, 9.17) is 16.9 Å². The van der Waals surface area contributed by atoms with Crippen molar-refractivity contribution in [2.75, 3.05) is 0 Å². The van der Waals surface area contributed by atoms with Crippen LogP contribution in [0.2, 0.25) is 5.02 Å². The third-order valence-corrected chi connectivity index (χ3v) is 1.67. The topological polar surface area (TPSA) is 41.6 Å². The van der Waals surface area contributed by atoms with Crippen molar-refractivity contribution < 1.29 is 0 Å². The van der Waals surface area contributed by atoms with E-state index in [0.717, 1.165) is 6.54 Å². The molecule has 0 amide bonds. The smallest absolute Gasteiger partial charge is 0.0951 e. The van der Waals surface area contributed by atoms with Crippen LogP contribution in [0.4, 0.5) is 0 Å². The molecule has 0 aliphatic heterocycles. The highest BCUT2D eigenvalue weighted by Crippen LogP contribution is 2.13. The van der Waals surface area contributed by atoms with E-state index in [9.17, 15) is 0 Å². The van der Waals surface area contributed by atoms with E-state index >= 15 is 0 Å². The van der Waals surface area contributed by atoms with Gasteiger partial charge < -0.3 is 0 Å². The van der Waals surface area contributed by atoms with Crippen molar-refractivity contribution in [3.8, 4) is 6.07 Å². The van der Waals surface area contributed by atoms with Crippen LogP contribution in [0.25, 0.3) is 0 Å². The second-order valence-electron chi connectivity index (χ2n) is 2.11. The summed E-state index contributed by atoms with van der Waals surface area (Å²) < 4.78 is 1.72. The van der Waals surface area contributed by atoms with E-state index in [1.807, 2.05) is 13.0 Å². The highest BCUT2D eigenvalue weighted by Gasteiger charge is 2.03. The van der Waals surface area contributed by atoms with Gasteiger partial charge in [-0.3, -0.25) is 4.68 Å². The van der Waals surface area contributed by atoms with E-state index < -0.39 is 0 Å². The van der Waals surface area contributed by atoms with Crippen molar-refractivity contribution >= 4 is 11.6 Å². The molecule has 0 aliphatic carbocycles. The largest absolute Gasteiger partial charge is 0.271 e. The van der Waals surface area contributed by atoms with Gasteiger partial charge in [-0.25, -0.2) is 0 Å². The highest BCUT2D eigenvalue weighted by atomic mass is 35.5. The fraction of sp³-hybridized carbons (Fsp3) is 0.429. The normalized spacial score (nSPS) is 9.55. The second kappa shape index (κ2) is 3.40. The number of nitriles is 1. The van der Waals surface area contributed by atoms with E-state index in [2.05, 4.69) is 5.10 Å². The Morgan fingerprint density at radius 1 is 1.82 bits per heavy atom.